The molecule has 0 aliphatic rings. The van der Waals surface area contributed by atoms with Crippen LogP contribution in [0.15, 0.2) is 23.8 Å². The maximum absolute atomic E-state index is 11.8. The third-order valence-electron chi connectivity index (χ3n) is 2.14. The van der Waals surface area contributed by atoms with Gasteiger partial charge in [0.25, 0.3) is 0 Å². The summed E-state index contributed by atoms with van der Waals surface area (Å²) < 4.78 is 10.2. The Balaban J connectivity index is 3.25. The lowest BCUT2D eigenvalue weighted by atomic mass is 10.1. The Morgan fingerprint density at radius 2 is 1.88 bits per heavy atom. The zero-order chi connectivity index (χ0) is 13.0. The number of ether oxygens (including phenoxy) is 2. The highest BCUT2D eigenvalue weighted by atomic mass is 35.5. The number of carbonyl (C=O) groups is 1. The van der Waals surface area contributed by atoms with E-state index in [-0.39, 0.29) is 5.78 Å². The van der Waals surface area contributed by atoms with Crippen molar-refractivity contribution in [1.29, 1.82) is 0 Å². The number of carbonyl (C=O) groups excluding carboxylic acids is 1. The van der Waals surface area contributed by atoms with Crippen molar-refractivity contribution in [3.05, 3.63) is 34.4 Å². The van der Waals surface area contributed by atoms with Gasteiger partial charge in [0.2, 0.25) is 0 Å². The molecule has 0 bridgehead atoms. The topological polar surface area (TPSA) is 35.5 Å². The quantitative estimate of drug-likeness (QED) is 0.609. The highest BCUT2D eigenvalue weighted by Gasteiger charge is 2.13. The molecule has 0 saturated carbocycles. The maximum Gasteiger partial charge on any atom is 0.185 e. The van der Waals surface area contributed by atoms with Crippen molar-refractivity contribution in [2.45, 2.75) is 13.8 Å². The third kappa shape index (κ3) is 3.24. The van der Waals surface area contributed by atoms with Gasteiger partial charge in [-0.15, -0.1) is 0 Å². The summed E-state index contributed by atoms with van der Waals surface area (Å²) in [4.78, 5) is 11.8. The number of hydrogen-bond donors (Lipinski definition) is 0. The summed E-state index contributed by atoms with van der Waals surface area (Å²) in [6.45, 7) is 3.72. The average Bonchev–Trinajstić information content (AvgIpc) is 2.26. The van der Waals surface area contributed by atoms with E-state index in [9.17, 15) is 4.79 Å². The van der Waals surface area contributed by atoms with Gasteiger partial charge in [-0.25, -0.2) is 0 Å². The highest BCUT2D eigenvalue weighted by molar-refractivity contribution is 6.32. The minimum Gasteiger partial charge on any atom is -0.493 e. The van der Waals surface area contributed by atoms with Gasteiger partial charge >= 0.3 is 0 Å². The van der Waals surface area contributed by atoms with E-state index in [4.69, 9.17) is 21.1 Å². The van der Waals surface area contributed by atoms with Crippen LogP contribution in [-0.4, -0.2) is 20.0 Å². The fourth-order valence-corrected chi connectivity index (χ4v) is 1.69. The van der Waals surface area contributed by atoms with E-state index >= 15 is 0 Å². The van der Waals surface area contributed by atoms with Crippen LogP contribution in [-0.2, 0) is 0 Å². The van der Waals surface area contributed by atoms with Gasteiger partial charge in [0.15, 0.2) is 17.3 Å². The fourth-order valence-electron chi connectivity index (χ4n) is 1.41. The number of allylic oxidation sites excluding steroid dienone is 2. The Morgan fingerprint density at radius 3 is 2.35 bits per heavy atom. The minimum absolute atomic E-state index is 0.104. The number of methoxy groups -OCH3 is 2. The molecule has 0 saturated heterocycles. The molecule has 4 heteroatoms. The van der Waals surface area contributed by atoms with Crippen molar-refractivity contribution < 1.29 is 14.3 Å². The van der Waals surface area contributed by atoms with E-state index in [0.29, 0.717) is 22.1 Å². The molecule has 0 heterocycles. The largest absolute Gasteiger partial charge is 0.493 e. The van der Waals surface area contributed by atoms with E-state index in [2.05, 4.69) is 0 Å². The molecule has 0 fully saturated rings. The molecule has 0 spiro atoms. The average molecular weight is 255 g/mol. The lowest BCUT2D eigenvalue weighted by molar-refractivity contribution is 0.104. The summed E-state index contributed by atoms with van der Waals surface area (Å²) >= 11 is 6.02. The van der Waals surface area contributed by atoms with Crippen molar-refractivity contribution in [1.82, 2.24) is 0 Å². The zero-order valence-corrected chi connectivity index (χ0v) is 11.1. The van der Waals surface area contributed by atoms with Crippen molar-refractivity contribution in [2.24, 2.45) is 0 Å². The predicted octanol–water partition coefficient (Wildman–Crippen LogP) is 3.51. The van der Waals surface area contributed by atoms with E-state index in [0.717, 1.165) is 5.57 Å². The van der Waals surface area contributed by atoms with Gasteiger partial charge in [-0.2, -0.15) is 0 Å². The van der Waals surface area contributed by atoms with E-state index in [1.165, 1.54) is 14.2 Å². The third-order valence-corrected chi connectivity index (χ3v) is 2.42. The fraction of sp³-hybridized carbons (Fsp3) is 0.308. The van der Waals surface area contributed by atoms with Crippen LogP contribution in [0.2, 0.25) is 5.02 Å². The zero-order valence-electron chi connectivity index (χ0n) is 10.3. The molecule has 0 unspecified atom stereocenters. The molecule has 1 aromatic carbocycles. The molecule has 0 aliphatic heterocycles. The second-order valence-corrected chi connectivity index (χ2v) is 4.19. The van der Waals surface area contributed by atoms with Crippen LogP contribution in [0.25, 0.3) is 0 Å². The maximum atomic E-state index is 11.8. The minimum atomic E-state index is -0.104. The van der Waals surface area contributed by atoms with Gasteiger partial charge in [-0.3, -0.25) is 4.79 Å². The van der Waals surface area contributed by atoms with Crippen LogP contribution in [0, 0.1) is 0 Å². The first-order valence-corrected chi connectivity index (χ1v) is 5.48. The SMILES string of the molecule is COc1cc(C(=O)C=C(C)C)cc(Cl)c1OC. The summed E-state index contributed by atoms with van der Waals surface area (Å²) in [5, 5.41) is 0.359. The van der Waals surface area contributed by atoms with Gasteiger partial charge in [0.05, 0.1) is 19.2 Å². The molecule has 0 aliphatic carbocycles. The van der Waals surface area contributed by atoms with Gasteiger partial charge < -0.3 is 9.47 Å². The number of rotatable bonds is 4. The number of hydrogen-bond acceptors (Lipinski definition) is 3. The molecule has 0 amide bonds. The molecule has 0 radical (unpaired) electrons. The number of benzene rings is 1. The Kier molecular flexibility index (Phi) is 4.58. The molecular formula is C13H15ClO3. The predicted molar refractivity (Wildman–Crippen MR) is 68.3 cm³/mol. The molecule has 1 rings (SSSR count). The van der Waals surface area contributed by atoms with Crippen LogP contribution in [0.5, 0.6) is 11.5 Å². The summed E-state index contributed by atoms with van der Waals surface area (Å²) in [5.41, 5.74) is 1.41. The lowest BCUT2D eigenvalue weighted by Crippen LogP contribution is -1.99. The standard InChI is InChI=1S/C13H15ClO3/c1-8(2)5-11(15)9-6-10(14)13(17-4)12(7-9)16-3/h5-7H,1-4H3. The first kappa shape index (κ1) is 13.6. The lowest BCUT2D eigenvalue weighted by Gasteiger charge is -2.10. The molecule has 17 heavy (non-hydrogen) atoms. The van der Waals surface area contributed by atoms with E-state index in [1.54, 1.807) is 18.2 Å². The van der Waals surface area contributed by atoms with Gasteiger partial charge in [0.1, 0.15) is 0 Å². The Labute approximate surface area is 106 Å². The van der Waals surface area contributed by atoms with Crippen LogP contribution >= 0.6 is 11.6 Å². The number of ketones is 1. The molecule has 1 aromatic rings. The van der Waals surface area contributed by atoms with Crippen LogP contribution in [0.3, 0.4) is 0 Å². The van der Waals surface area contributed by atoms with Crippen LogP contribution in [0.4, 0.5) is 0 Å². The van der Waals surface area contributed by atoms with Crippen LogP contribution < -0.4 is 9.47 Å². The van der Waals surface area contributed by atoms with Crippen LogP contribution in [0.1, 0.15) is 24.2 Å². The summed E-state index contributed by atoms with van der Waals surface area (Å²) in [5.74, 6) is 0.779. The monoisotopic (exact) mass is 254 g/mol. The second kappa shape index (κ2) is 5.73. The first-order valence-electron chi connectivity index (χ1n) is 5.10. The molecule has 0 aromatic heterocycles. The second-order valence-electron chi connectivity index (χ2n) is 3.78. The highest BCUT2D eigenvalue weighted by Crippen LogP contribution is 2.36. The van der Waals surface area contributed by atoms with Gasteiger partial charge in [-0.05, 0) is 32.1 Å². The first-order chi connectivity index (χ1) is 7.99. The van der Waals surface area contributed by atoms with Gasteiger partial charge in [-0.1, -0.05) is 17.2 Å². The van der Waals surface area contributed by atoms with Gasteiger partial charge in [0, 0.05) is 5.56 Å². The van der Waals surface area contributed by atoms with Crippen molar-refractivity contribution >= 4 is 17.4 Å². The Hall–Kier alpha value is -1.48. The smallest absolute Gasteiger partial charge is 0.185 e. The number of halogens is 1. The van der Waals surface area contributed by atoms with Crippen molar-refractivity contribution in [3.63, 3.8) is 0 Å². The molecule has 0 atom stereocenters. The summed E-state index contributed by atoms with van der Waals surface area (Å²) in [7, 11) is 3.00. The Morgan fingerprint density at radius 1 is 1.24 bits per heavy atom. The van der Waals surface area contributed by atoms with Crippen molar-refractivity contribution in [3.8, 4) is 11.5 Å². The molecule has 92 valence electrons. The normalized spacial score (nSPS) is 9.71. The van der Waals surface area contributed by atoms with E-state index in [1.807, 2.05) is 13.8 Å². The molecule has 0 N–H and O–H groups in total. The summed E-state index contributed by atoms with van der Waals surface area (Å²) in [6.07, 6.45) is 1.55. The summed E-state index contributed by atoms with van der Waals surface area (Å²) in [6, 6.07) is 3.19. The van der Waals surface area contributed by atoms with Crippen molar-refractivity contribution in [2.75, 3.05) is 14.2 Å². The van der Waals surface area contributed by atoms with E-state index < -0.39 is 0 Å². The molecular weight excluding hydrogens is 240 g/mol. The molecule has 3 nitrogen and oxygen atoms in total. The Bertz CT molecular complexity index is 460.